The van der Waals surface area contributed by atoms with E-state index in [-0.39, 0.29) is 11.9 Å². The van der Waals surface area contributed by atoms with Gasteiger partial charge in [0.15, 0.2) is 0 Å². The molecule has 0 aromatic carbocycles. The van der Waals surface area contributed by atoms with Crippen LogP contribution in [0.15, 0.2) is 0 Å². The maximum Gasteiger partial charge on any atom is 0.308 e. The minimum atomic E-state index is 0.0673. The SMILES string of the molecule is CCCCCCC(CCCC)C(=O)OCCCCCCCC(C)(C)C. The average molecular weight is 355 g/mol. The minimum absolute atomic E-state index is 0.0673. The summed E-state index contributed by atoms with van der Waals surface area (Å²) < 4.78 is 5.58. The smallest absolute Gasteiger partial charge is 0.308 e. The first-order chi connectivity index (χ1) is 11.9. The number of ether oxygens (including phenoxy) is 1. The van der Waals surface area contributed by atoms with Gasteiger partial charge in [0.05, 0.1) is 12.5 Å². The van der Waals surface area contributed by atoms with Crippen LogP contribution in [-0.2, 0) is 9.53 Å². The average Bonchev–Trinajstić information content (AvgIpc) is 2.55. The zero-order valence-electron chi connectivity index (χ0n) is 18.0. The molecule has 0 heterocycles. The van der Waals surface area contributed by atoms with Crippen molar-refractivity contribution in [2.45, 2.75) is 125 Å². The zero-order valence-corrected chi connectivity index (χ0v) is 18.0. The van der Waals surface area contributed by atoms with Crippen LogP contribution in [-0.4, -0.2) is 12.6 Å². The van der Waals surface area contributed by atoms with Crippen molar-refractivity contribution in [1.29, 1.82) is 0 Å². The summed E-state index contributed by atoms with van der Waals surface area (Å²) in [4.78, 5) is 12.3. The molecule has 0 spiro atoms. The van der Waals surface area contributed by atoms with Gasteiger partial charge in [0.1, 0.15) is 0 Å². The molecular weight excluding hydrogens is 308 g/mol. The van der Waals surface area contributed by atoms with E-state index in [0.717, 1.165) is 32.1 Å². The van der Waals surface area contributed by atoms with Crippen LogP contribution in [0, 0.1) is 11.3 Å². The summed E-state index contributed by atoms with van der Waals surface area (Å²) >= 11 is 0. The van der Waals surface area contributed by atoms with E-state index in [0.29, 0.717) is 12.0 Å². The second kappa shape index (κ2) is 15.7. The second-order valence-corrected chi connectivity index (χ2v) is 8.93. The van der Waals surface area contributed by atoms with Gasteiger partial charge >= 0.3 is 5.97 Å². The summed E-state index contributed by atoms with van der Waals surface area (Å²) in [7, 11) is 0. The molecule has 25 heavy (non-hydrogen) atoms. The molecule has 2 heteroatoms. The molecule has 0 radical (unpaired) electrons. The molecule has 0 aliphatic rings. The molecule has 0 aromatic heterocycles. The van der Waals surface area contributed by atoms with E-state index in [1.54, 1.807) is 0 Å². The largest absolute Gasteiger partial charge is 0.465 e. The Bertz CT molecular complexity index is 304. The number of rotatable bonds is 16. The van der Waals surface area contributed by atoms with Crippen LogP contribution in [0.25, 0.3) is 0 Å². The van der Waals surface area contributed by atoms with Crippen LogP contribution < -0.4 is 0 Å². The van der Waals surface area contributed by atoms with Gasteiger partial charge in [0.2, 0.25) is 0 Å². The fourth-order valence-corrected chi connectivity index (χ4v) is 3.23. The quantitative estimate of drug-likeness (QED) is 0.210. The van der Waals surface area contributed by atoms with E-state index >= 15 is 0 Å². The molecule has 0 bridgehead atoms. The summed E-state index contributed by atoms with van der Waals surface area (Å²) in [6.45, 7) is 12.0. The molecule has 0 rings (SSSR count). The van der Waals surface area contributed by atoms with Crippen molar-refractivity contribution in [2.75, 3.05) is 6.61 Å². The maximum absolute atomic E-state index is 12.3. The number of hydrogen-bond donors (Lipinski definition) is 0. The van der Waals surface area contributed by atoms with Crippen LogP contribution in [0.3, 0.4) is 0 Å². The lowest BCUT2D eigenvalue weighted by Crippen LogP contribution is -2.18. The predicted octanol–water partition coefficient (Wildman–Crippen LogP) is 7.69. The molecule has 150 valence electrons. The Morgan fingerprint density at radius 1 is 0.760 bits per heavy atom. The van der Waals surface area contributed by atoms with Crippen molar-refractivity contribution in [3.63, 3.8) is 0 Å². The van der Waals surface area contributed by atoms with Gasteiger partial charge in [-0.25, -0.2) is 0 Å². The lowest BCUT2D eigenvalue weighted by molar-refractivity contribution is -0.149. The topological polar surface area (TPSA) is 26.3 Å². The highest BCUT2D eigenvalue weighted by atomic mass is 16.5. The molecule has 0 aliphatic heterocycles. The third-order valence-electron chi connectivity index (χ3n) is 4.96. The summed E-state index contributed by atoms with van der Waals surface area (Å²) in [6.07, 6.45) is 16.7. The van der Waals surface area contributed by atoms with Gasteiger partial charge < -0.3 is 4.74 Å². The molecule has 0 amide bonds. The molecular formula is C23H46O2. The minimum Gasteiger partial charge on any atom is -0.465 e. The Balaban J connectivity index is 3.78. The monoisotopic (exact) mass is 354 g/mol. The van der Waals surface area contributed by atoms with E-state index in [9.17, 15) is 4.79 Å². The predicted molar refractivity (Wildman–Crippen MR) is 110 cm³/mol. The van der Waals surface area contributed by atoms with E-state index in [1.807, 2.05) is 0 Å². The number of esters is 1. The molecule has 0 aliphatic carbocycles. The first kappa shape index (κ1) is 24.5. The highest BCUT2D eigenvalue weighted by Crippen LogP contribution is 2.22. The van der Waals surface area contributed by atoms with Gasteiger partial charge in [0, 0.05) is 0 Å². The van der Waals surface area contributed by atoms with Gasteiger partial charge in [-0.3, -0.25) is 4.79 Å². The van der Waals surface area contributed by atoms with Crippen LogP contribution in [0.4, 0.5) is 0 Å². The summed E-state index contributed by atoms with van der Waals surface area (Å²) in [5.74, 6) is 0.210. The highest BCUT2D eigenvalue weighted by molar-refractivity contribution is 5.72. The Hall–Kier alpha value is -0.530. The fraction of sp³-hybridized carbons (Fsp3) is 0.957. The van der Waals surface area contributed by atoms with Crippen LogP contribution in [0.1, 0.15) is 125 Å². The maximum atomic E-state index is 12.3. The van der Waals surface area contributed by atoms with Crippen molar-refractivity contribution >= 4 is 5.97 Å². The highest BCUT2D eigenvalue weighted by Gasteiger charge is 2.18. The number of carbonyl (C=O) groups excluding carboxylic acids is 1. The lowest BCUT2D eigenvalue weighted by atomic mass is 9.89. The second-order valence-electron chi connectivity index (χ2n) is 8.93. The van der Waals surface area contributed by atoms with Crippen molar-refractivity contribution in [1.82, 2.24) is 0 Å². The van der Waals surface area contributed by atoms with Crippen molar-refractivity contribution < 1.29 is 9.53 Å². The third-order valence-corrected chi connectivity index (χ3v) is 4.96. The Kier molecular flexibility index (Phi) is 15.4. The summed E-state index contributed by atoms with van der Waals surface area (Å²) in [6, 6.07) is 0. The fourth-order valence-electron chi connectivity index (χ4n) is 3.23. The van der Waals surface area contributed by atoms with Gasteiger partial charge in [-0.15, -0.1) is 0 Å². The van der Waals surface area contributed by atoms with E-state index in [1.165, 1.54) is 57.8 Å². The van der Waals surface area contributed by atoms with Crippen molar-refractivity contribution in [2.24, 2.45) is 11.3 Å². The molecule has 1 unspecified atom stereocenters. The van der Waals surface area contributed by atoms with Gasteiger partial charge in [-0.2, -0.15) is 0 Å². The van der Waals surface area contributed by atoms with E-state index in [2.05, 4.69) is 34.6 Å². The van der Waals surface area contributed by atoms with E-state index in [4.69, 9.17) is 4.74 Å². The normalized spacial score (nSPS) is 13.0. The standard InChI is InChI=1S/C23H46O2/c1-6-8-10-14-18-21(17-9-7-2)22(24)25-20-16-13-11-12-15-19-23(3,4)5/h21H,6-20H2,1-5H3. The third kappa shape index (κ3) is 16.7. The molecule has 0 aromatic rings. The molecule has 0 N–H and O–H groups in total. The molecule has 0 fully saturated rings. The first-order valence-electron chi connectivity index (χ1n) is 11.1. The number of hydrogen-bond acceptors (Lipinski definition) is 2. The zero-order chi connectivity index (χ0) is 19.0. The number of carbonyl (C=O) groups is 1. The van der Waals surface area contributed by atoms with Gasteiger partial charge in [-0.05, 0) is 31.1 Å². The Morgan fingerprint density at radius 2 is 1.32 bits per heavy atom. The van der Waals surface area contributed by atoms with Crippen molar-refractivity contribution in [3.05, 3.63) is 0 Å². The molecule has 2 nitrogen and oxygen atoms in total. The lowest BCUT2D eigenvalue weighted by Gasteiger charge is -2.17. The summed E-state index contributed by atoms with van der Waals surface area (Å²) in [5.41, 5.74) is 0.458. The Morgan fingerprint density at radius 3 is 1.96 bits per heavy atom. The Labute approximate surface area is 158 Å². The van der Waals surface area contributed by atoms with Crippen LogP contribution in [0.5, 0.6) is 0 Å². The number of unbranched alkanes of at least 4 members (excludes halogenated alkanes) is 8. The van der Waals surface area contributed by atoms with Gasteiger partial charge in [0.25, 0.3) is 0 Å². The molecule has 0 saturated heterocycles. The molecule has 0 saturated carbocycles. The van der Waals surface area contributed by atoms with Gasteiger partial charge in [-0.1, -0.05) is 98.8 Å². The van der Waals surface area contributed by atoms with Crippen molar-refractivity contribution in [3.8, 4) is 0 Å². The van der Waals surface area contributed by atoms with E-state index < -0.39 is 0 Å². The first-order valence-corrected chi connectivity index (χ1v) is 11.1. The van der Waals surface area contributed by atoms with Crippen LogP contribution in [0.2, 0.25) is 0 Å². The molecule has 1 atom stereocenters. The summed E-state index contributed by atoms with van der Waals surface area (Å²) in [5, 5.41) is 0. The van der Waals surface area contributed by atoms with Crippen LogP contribution >= 0.6 is 0 Å².